The molecule has 2 heterocycles. The minimum atomic E-state index is -0.682. The summed E-state index contributed by atoms with van der Waals surface area (Å²) in [6, 6.07) is 17.5. The number of aliphatic imine (C=N–C) groups is 1. The molecule has 3 aromatic rings. The molecule has 0 unspecified atom stereocenters. The van der Waals surface area contributed by atoms with E-state index in [1.54, 1.807) is 54.9 Å². The fraction of sp³-hybridized carbons (Fsp3) is 0.367. The Morgan fingerprint density at radius 2 is 1.52 bits per heavy atom. The van der Waals surface area contributed by atoms with Crippen molar-refractivity contribution in [2.75, 3.05) is 18.5 Å². The number of nitrogens with zero attached hydrogens (tertiary/aromatic N) is 3. The number of carbonyl (C=O) groups is 3. The van der Waals surface area contributed by atoms with Crippen molar-refractivity contribution in [3.05, 3.63) is 83.8 Å². The van der Waals surface area contributed by atoms with Crippen LogP contribution in [0, 0.1) is 11.8 Å². The van der Waals surface area contributed by atoms with Crippen LogP contribution in [0.4, 0.5) is 5.82 Å². The third-order valence-corrected chi connectivity index (χ3v) is 7.95. The molecule has 10 heteroatoms. The zero-order chi connectivity index (χ0) is 28.3. The van der Waals surface area contributed by atoms with Crippen molar-refractivity contribution in [2.24, 2.45) is 22.6 Å². The number of nitrogens with one attached hydrogen (secondary N) is 1. The van der Waals surface area contributed by atoms with Crippen LogP contribution in [-0.2, 0) is 14.3 Å². The van der Waals surface area contributed by atoms with Gasteiger partial charge in [-0.2, -0.15) is 0 Å². The molecule has 3 N–H and O–H groups in total. The van der Waals surface area contributed by atoms with Crippen molar-refractivity contribution >= 4 is 29.4 Å². The predicted molar refractivity (Wildman–Crippen MR) is 149 cm³/mol. The number of anilines is 1. The lowest BCUT2D eigenvalue weighted by Crippen LogP contribution is -2.47. The lowest BCUT2D eigenvalue weighted by atomic mass is 9.69. The molecule has 5 rings (SSSR count). The highest BCUT2D eigenvalue weighted by atomic mass is 16.5. The number of carbonyl (C=O) groups excluding carboxylic acids is 3. The summed E-state index contributed by atoms with van der Waals surface area (Å²) in [5, 5.41) is 3.50. The first-order valence-corrected chi connectivity index (χ1v) is 13.5. The first-order chi connectivity index (χ1) is 19.4. The maximum atomic E-state index is 12.7. The Hall–Kier alpha value is -4.47. The van der Waals surface area contributed by atoms with E-state index in [0.29, 0.717) is 41.9 Å². The number of rotatable bonds is 10. The van der Waals surface area contributed by atoms with Crippen molar-refractivity contribution in [1.29, 1.82) is 0 Å². The summed E-state index contributed by atoms with van der Waals surface area (Å²) in [7, 11) is 0. The van der Waals surface area contributed by atoms with Crippen LogP contribution in [-0.4, -0.2) is 52.0 Å². The fourth-order valence-corrected chi connectivity index (χ4v) is 5.39. The lowest BCUT2D eigenvalue weighted by molar-refractivity contribution is -0.112. The van der Waals surface area contributed by atoms with E-state index in [1.807, 2.05) is 30.5 Å². The van der Waals surface area contributed by atoms with Gasteiger partial charge in [0.2, 0.25) is 0 Å². The Labute approximate surface area is 232 Å². The van der Waals surface area contributed by atoms with Crippen LogP contribution in [0.1, 0.15) is 65.6 Å². The Balaban J connectivity index is 1.38. The molecule has 1 aliphatic heterocycles. The smallest absolute Gasteiger partial charge is 0.338 e. The average molecular weight is 544 g/mol. The monoisotopic (exact) mass is 543 g/mol. The summed E-state index contributed by atoms with van der Waals surface area (Å²) in [6.45, 7) is 4.31. The summed E-state index contributed by atoms with van der Waals surface area (Å²) < 4.78 is 13.4. The quantitative estimate of drug-likeness (QED) is 0.369. The highest BCUT2D eigenvalue weighted by Gasteiger charge is 2.46. The summed E-state index contributed by atoms with van der Waals surface area (Å²) in [5.74, 6) is -0.998. The van der Waals surface area contributed by atoms with Crippen LogP contribution in [0.3, 0.4) is 0 Å². The standard InChI is InChI=1S/C30H33N5O5/c1-3-30(4-2)33-24(26(31)36)25-27(34-30)35(18-32-25)23-15-21(16-39-28(37)19-11-7-5-8-12-19)22(23)17-40-29(38)20-13-9-6-10-14-20/h5-14,18,21-23,34H,3-4,15-17H2,1-2H3,(H2,31,36)/t21-,22-,23-/m1/s1. The maximum Gasteiger partial charge on any atom is 0.338 e. The van der Waals surface area contributed by atoms with Crippen molar-refractivity contribution < 1.29 is 23.9 Å². The van der Waals surface area contributed by atoms with Gasteiger partial charge in [-0.15, -0.1) is 0 Å². The average Bonchev–Trinajstić information content (AvgIpc) is 3.39. The van der Waals surface area contributed by atoms with E-state index >= 15 is 0 Å². The maximum absolute atomic E-state index is 12.7. The number of nitrogens with two attached hydrogens (primary N) is 1. The van der Waals surface area contributed by atoms with Crippen LogP contribution < -0.4 is 11.1 Å². The van der Waals surface area contributed by atoms with Gasteiger partial charge in [-0.25, -0.2) is 19.6 Å². The Morgan fingerprint density at radius 1 is 0.950 bits per heavy atom. The molecule has 1 fully saturated rings. The first kappa shape index (κ1) is 27.1. The normalized spacial score (nSPS) is 20.8. The molecule has 208 valence electrons. The first-order valence-electron chi connectivity index (χ1n) is 13.5. The van der Waals surface area contributed by atoms with Gasteiger partial charge in [-0.3, -0.25) is 4.79 Å². The molecule has 0 bridgehead atoms. The van der Waals surface area contributed by atoms with Crippen LogP contribution in [0.15, 0.2) is 72.0 Å². The number of hydrogen-bond donors (Lipinski definition) is 2. The molecule has 40 heavy (non-hydrogen) atoms. The summed E-state index contributed by atoms with van der Waals surface area (Å²) in [6.07, 6.45) is 3.62. The third kappa shape index (κ3) is 5.21. The number of amides is 1. The Kier molecular flexibility index (Phi) is 7.68. The molecule has 0 radical (unpaired) electrons. The second kappa shape index (κ2) is 11.3. The molecule has 1 amide bonds. The summed E-state index contributed by atoms with van der Waals surface area (Å²) >= 11 is 0. The number of ether oxygens (including phenoxy) is 2. The van der Waals surface area contributed by atoms with E-state index in [4.69, 9.17) is 15.2 Å². The number of hydrogen-bond acceptors (Lipinski definition) is 8. The van der Waals surface area contributed by atoms with Crippen LogP contribution >= 0.6 is 0 Å². The van der Waals surface area contributed by atoms with E-state index in [1.165, 1.54) is 0 Å². The molecule has 1 aromatic heterocycles. The molecular formula is C30H33N5O5. The van der Waals surface area contributed by atoms with Gasteiger partial charge in [0.1, 0.15) is 17.2 Å². The van der Waals surface area contributed by atoms with Crippen molar-refractivity contribution in [2.45, 2.75) is 44.8 Å². The molecule has 1 saturated carbocycles. The van der Waals surface area contributed by atoms with Gasteiger partial charge in [-0.1, -0.05) is 50.2 Å². The van der Waals surface area contributed by atoms with Gasteiger partial charge < -0.3 is 25.1 Å². The van der Waals surface area contributed by atoms with Gasteiger partial charge in [-0.05, 0) is 43.5 Å². The largest absolute Gasteiger partial charge is 0.462 e. The molecule has 3 atom stereocenters. The summed E-state index contributed by atoms with van der Waals surface area (Å²) in [5.41, 5.74) is 6.51. The third-order valence-electron chi connectivity index (χ3n) is 7.95. The number of primary amides is 1. The lowest BCUT2D eigenvalue weighted by Gasteiger charge is -2.46. The van der Waals surface area contributed by atoms with E-state index in [2.05, 4.69) is 15.3 Å². The van der Waals surface area contributed by atoms with E-state index in [9.17, 15) is 14.4 Å². The minimum Gasteiger partial charge on any atom is -0.462 e. The van der Waals surface area contributed by atoms with Crippen LogP contribution in [0.25, 0.3) is 0 Å². The van der Waals surface area contributed by atoms with Gasteiger partial charge in [0.25, 0.3) is 5.91 Å². The number of esters is 2. The van der Waals surface area contributed by atoms with Crippen LogP contribution in [0.2, 0.25) is 0 Å². The SMILES string of the molecule is CCC1(CC)N=C(C(N)=O)c2ncn([C@@H]3C[C@H](COC(=O)c4ccccc4)[C@H]3COC(=O)c3ccccc3)c2N1. The second-order valence-corrected chi connectivity index (χ2v) is 10.2. The number of benzene rings is 2. The topological polar surface area (TPSA) is 138 Å². The molecule has 0 spiro atoms. The Bertz CT molecular complexity index is 1410. The molecule has 1 aliphatic carbocycles. The fourth-order valence-electron chi connectivity index (χ4n) is 5.39. The van der Waals surface area contributed by atoms with Gasteiger partial charge in [0.05, 0.1) is 30.7 Å². The second-order valence-electron chi connectivity index (χ2n) is 10.2. The zero-order valence-electron chi connectivity index (χ0n) is 22.6. The van der Waals surface area contributed by atoms with Gasteiger partial charge in [0.15, 0.2) is 5.71 Å². The molecule has 10 nitrogen and oxygen atoms in total. The molecule has 2 aliphatic rings. The van der Waals surface area contributed by atoms with Gasteiger partial charge >= 0.3 is 11.9 Å². The van der Waals surface area contributed by atoms with E-state index in [-0.39, 0.29) is 36.8 Å². The summed E-state index contributed by atoms with van der Waals surface area (Å²) in [4.78, 5) is 46.8. The number of aromatic nitrogens is 2. The Morgan fingerprint density at radius 3 is 2.08 bits per heavy atom. The molecule has 2 aromatic carbocycles. The zero-order valence-corrected chi connectivity index (χ0v) is 22.6. The van der Waals surface area contributed by atoms with Crippen LogP contribution in [0.5, 0.6) is 0 Å². The van der Waals surface area contributed by atoms with Gasteiger partial charge in [0, 0.05) is 17.9 Å². The number of imidazole rings is 1. The predicted octanol–water partition coefficient (Wildman–Crippen LogP) is 3.99. The highest BCUT2D eigenvalue weighted by Crippen LogP contribution is 2.47. The molecular weight excluding hydrogens is 510 g/mol. The number of fused-ring (bicyclic) bond motifs is 1. The minimum absolute atomic E-state index is 0.0470. The van der Waals surface area contributed by atoms with Crippen molar-refractivity contribution in [1.82, 2.24) is 9.55 Å². The molecule has 0 saturated heterocycles. The highest BCUT2D eigenvalue weighted by molar-refractivity contribution is 6.45. The van der Waals surface area contributed by atoms with Crippen molar-refractivity contribution in [3.63, 3.8) is 0 Å². The van der Waals surface area contributed by atoms with E-state index < -0.39 is 23.5 Å². The van der Waals surface area contributed by atoms with E-state index in [0.717, 1.165) is 0 Å². The van der Waals surface area contributed by atoms with Crippen molar-refractivity contribution in [3.8, 4) is 0 Å².